The molecule has 0 radical (unpaired) electrons. The summed E-state index contributed by atoms with van der Waals surface area (Å²) in [5, 5.41) is 11.8. The molecule has 0 bridgehead atoms. The van der Waals surface area contributed by atoms with Crippen molar-refractivity contribution in [3.8, 4) is 16.9 Å². The molecule has 1 fully saturated rings. The lowest BCUT2D eigenvalue weighted by molar-refractivity contribution is -0.0370. The summed E-state index contributed by atoms with van der Waals surface area (Å²) >= 11 is 3.69. The molecule has 0 amide bonds. The number of hydrogen-bond acceptors (Lipinski definition) is 4. The predicted molar refractivity (Wildman–Crippen MR) is 143 cm³/mol. The second-order valence-corrected chi connectivity index (χ2v) is 10.0. The first-order chi connectivity index (χ1) is 17.8. The minimum atomic E-state index is -0.0822. The highest BCUT2D eigenvalue weighted by molar-refractivity contribution is 9.10. The Kier molecular flexibility index (Phi) is 5.29. The van der Waals surface area contributed by atoms with Crippen LogP contribution in [0.1, 0.15) is 31.1 Å². The van der Waals surface area contributed by atoms with Crippen LogP contribution in [0.5, 0.6) is 5.75 Å². The van der Waals surface area contributed by atoms with Gasteiger partial charge in [-0.05, 0) is 43.0 Å². The SMILES string of the molecule is Brc1ccc(-c2cc(OCc3ccccc3)cn3nc4c(cnn4C4CCCCO4)c23)c2[nH]ccc12. The molecule has 8 heteroatoms. The molecule has 1 aliphatic heterocycles. The Morgan fingerprint density at radius 3 is 2.83 bits per heavy atom. The lowest BCUT2D eigenvalue weighted by atomic mass is 10.0. The number of aromatic amines is 1. The highest BCUT2D eigenvalue weighted by Crippen LogP contribution is 2.39. The summed E-state index contributed by atoms with van der Waals surface area (Å²) in [6.45, 7) is 1.24. The van der Waals surface area contributed by atoms with Gasteiger partial charge in [-0.15, -0.1) is 5.10 Å². The summed E-state index contributed by atoms with van der Waals surface area (Å²) in [5.74, 6) is 0.752. The van der Waals surface area contributed by atoms with Crippen LogP contribution in [0, 0.1) is 0 Å². The minimum absolute atomic E-state index is 0.0822. The van der Waals surface area contributed by atoms with Crippen molar-refractivity contribution in [1.82, 2.24) is 24.4 Å². The van der Waals surface area contributed by atoms with E-state index in [1.807, 2.05) is 46.0 Å². The molecule has 0 aliphatic carbocycles. The van der Waals surface area contributed by atoms with Crippen molar-refractivity contribution in [1.29, 1.82) is 0 Å². The third-order valence-electron chi connectivity index (χ3n) is 6.88. The maximum absolute atomic E-state index is 6.27. The summed E-state index contributed by atoms with van der Waals surface area (Å²) in [6.07, 6.45) is 8.92. The fourth-order valence-corrected chi connectivity index (χ4v) is 5.59. The molecule has 0 spiro atoms. The molecular formula is C28H24BrN5O2. The van der Waals surface area contributed by atoms with Crippen molar-refractivity contribution in [3.63, 3.8) is 0 Å². The molecule has 5 heterocycles. The molecule has 1 unspecified atom stereocenters. The third kappa shape index (κ3) is 3.60. The van der Waals surface area contributed by atoms with Crippen LogP contribution in [0.25, 0.3) is 38.6 Å². The van der Waals surface area contributed by atoms with Crippen LogP contribution in [0.15, 0.2) is 77.7 Å². The molecule has 6 aromatic rings. The zero-order valence-electron chi connectivity index (χ0n) is 19.5. The molecule has 36 heavy (non-hydrogen) atoms. The number of nitrogens with zero attached hydrogens (tertiary/aromatic N) is 4. The van der Waals surface area contributed by atoms with Crippen molar-refractivity contribution >= 4 is 43.4 Å². The van der Waals surface area contributed by atoms with Crippen molar-refractivity contribution in [2.24, 2.45) is 0 Å². The third-order valence-corrected chi connectivity index (χ3v) is 7.58. The smallest absolute Gasteiger partial charge is 0.183 e. The van der Waals surface area contributed by atoms with E-state index in [0.717, 1.165) is 80.2 Å². The second-order valence-electron chi connectivity index (χ2n) is 9.17. The number of halogens is 1. The molecule has 1 atom stereocenters. The highest BCUT2D eigenvalue weighted by Gasteiger charge is 2.24. The van der Waals surface area contributed by atoms with Crippen LogP contribution in [0.2, 0.25) is 0 Å². The molecule has 0 saturated carbocycles. The number of pyridine rings is 1. The summed E-state index contributed by atoms with van der Waals surface area (Å²) in [5.41, 5.74) is 6.11. The molecule has 4 aromatic heterocycles. The molecule has 1 saturated heterocycles. The van der Waals surface area contributed by atoms with E-state index in [1.54, 1.807) is 0 Å². The van der Waals surface area contributed by atoms with E-state index >= 15 is 0 Å². The van der Waals surface area contributed by atoms with Crippen LogP contribution < -0.4 is 4.74 Å². The number of fused-ring (bicyclic) bond motifs is 4. The molecule has 7 nitrogen and oxygen atoms in total. The Morgan fingerprint density at radius 1 is 1.06 bits per heavy atom. The average molecular weight is 542 g/mol. The predicted octanol–water partition coefficient (Wildman–Crippen LogP) is 6.87. The van der Waals surface area contributed by atoms with Gasteiger partial charge in [-0.25, -0.2) is 9.20 Å². The number of aromatic nitrogens is 5. The van der Waals surface area contributed by atoms with Crippen molar-refractivity contribution in [2.45, 2.75) is 32.1 Å². The zero-order valence-corrected chi connectivity index (χ0v) is 21.1. The van der Waals surface area contributed by atoms with Gasteiger partial charge in [-0.3, -0.25) is 0 Å². The van der Waals surface area contributed by atoms with Gasteiger partial charge in [0.1, 0.15) is 12.4 Å². The molecular weight excluding hydrogens is 518 g/mol. The Morgan fingerprint density at radius 2 is 1.97 bits per heavy atom. The molecule has 7 rings (SSSR count). The summed E-state index contributed by atoms with van der Waals surface area (Å²) < 4.78 is 17.2. The molecule has 180 valence electrons. The first-order valence-electron chi connectivity index (χ1n) is 12.2. The summed E-state index contributed by atoms with van der Waals surface area (Å²) in [6, 6.07) is 18.6. The number of nitrogens with one attached hydrogen (secondary N) is 1. The number of benzene rings is 2. The van der Waals surface area contributed by atoms with E-state index in [1.165, 1.54) is 0 Å². The average Bonchev–Trinajstić information content (AvgIpc) is 3.64. The van der Waals surface area contributed by atoms with Crippen LogP contribution in [-0.2, 0) is 11.3 Å². The highest BCUT2D eigenvalue weighted by atomic mass is 79.9. The molecule has 1 aliphatic rings. The van der Waals surface area contributed by atoms with Crippen LogP contribution >= 0.6 is 15.9 Å². The standard InChI is InChI=1S/C28H24BrN5O2/c29-24-10-9-20(26-21(24)11-12-30-26)22-14-19(36-17-18-6-2-1-3-7-18)16-33-27(22)23-15-31-34(28(23)32-33)25-8-4-5-13-35-25/h1-3,6-7,9-12,14-16,25,30H,4-5,8,13,17H2. The number of hydrogen-bond donors (Lipinski definition) is 1. The van der Waals surface area contributed by atoms with Gasteiger partial charge >= 0.3 is 0 Å². The van der Waals surface area contributed by atoms with Crippen LogP contribution in [0.3, 0.4) is 0 Å². The van der Waals surface area contributed by atoms with E-state index in [2.05, 4.69) is 57.3 Å². The molecule has 1 N–H and O–H groups in total. The van der Waals surface area contributed by atoms with Crippen LogP contribution in [0.4, 0.5) is 0 Å². The quantitative estimate of drug-likeness (QED) is 0.258. The van der Waals surface area contributed by atoms with Gasteiger partial charge in [0.25, 0.3) is 0 Å². The van der Waals surface area contributed by atoms with E-state index in [4.69, 9.17) is 19.7 Å². The topological polar surface area (TPSA) is 69.4 Å². The second kappa shape index (κ2) is 8.80. The maximum Gasteiger partial charge on any atom is 0.183 e. The maximum atomic E-state index is 6.27. The largest absolute Gasteiger partial charge is 0.487 e. The Labute approximate surface area is 215 Å². The zero-order chi connectivity index (χ0) is 24.1. The fraction of sp³-hybridized carbons (Fsp3) is 0.214. The van der Waals surface area contributed by atoms with Gasteiger partial charge in [0.2, 0.25) is 0 Å². The van der Waals surface area contributed by atoms with E-state index in [-0.39, 0.29) is 6.23 Å². The summed E-state index contributed by atoms with van der Waals surface area (Å²) in [4.78, 5) is 3.43. The lowest BCUT2D eigenvalue weighted by Gasteiger charge is -2.22. The number of ether oxygens (including phenoxy) is 2. The Balaban J connectivity index is 1.42. The van der Waals surface area contributed by atoms with E-state index < -0.39 is 0 Å². The monoisotopic (exact) mass is 541 g/mol. The van der Waals surface area contributed by atoms with Gasteiger partial charge in [-0.1, -0.05) is 52.3 Å². The van der Waals surface area contributed by atoms with Crippen LogP contribution in [-0.4, -0.2) is 31.0 Å². The summed E-state index contributed by atoms with van der Waals surface area (Å²) in [7, 11) is 0. The van der Waals surface area contributed by atoms with Gasteiger partial charge in [-0.2, -0.15) is 5.10 Å². The lowest BCUT2D eigenvalue weighted by Crippen LogP contribution is -2.19. The molecule has 2 aromatic carbocycles. The van der Waals surface area contributed by atoms with Crippen molar-refractivity contribution in [2.75, 3.05) is 6.61 Å². The number of H-pyrrole nitrogens is 1. The van der Waals surface area contributed by atoms with E-state index in [9.17, 15) is 0 Å². The first-order valence-corrected chi connectivity index (χ1v) is 13.0. The fourth-order valence-electron chi connectivity index (χ4n) is 5.13. The van der Waals surface area contributed by atoms with E-state index in [0.29, 0.717) is 6.61 Å². The van der Waals surface area contributed by atoms with Gasteiger partial charge in [0.15, 0.2) is 11.9 Å². The van der Waals surface area contributed by atoms with Gasteiger partial charge < -0.3 is 14.5 Å². The van der Waals surface area contributed by atoms with Crippen molar-refractivity contribution < 1.29 is 9.47 Å². The van der Waals surface area contributed by atoms with Crippen molar-refractivity contribution in [3.05, 3.63) is 83.2 Å². The number of rotatable bonds is 5. The first kappa shape index (κ1) is 21.6. The Bertz CT molecular complexity index is 1700. The Hall–Kier alpha value is -3.62. The normalized spacial score (nSPS) is 16.3. The minimum Gasteiger partial charge on any atom is -0.487 e. The van der Waals surface area contributed by atoms with Gasteiger partial charge in [0.05, 0.1) is 28.8 Å². The van der Waals surface area contributed by atoms with Gasteiger partial charge in [0, 0.05) is 33.8 Å².